The molecule has 57 heavy (non-hydrogen) atoms. The molecule has 0 spiro atoms. The Morgan fingerprint density at radius 1 is 0.649 bits per heavy atom. The summed E-state index contributed by atoms with van der Waals surface area (Å²) in [5, 5.41) is 3.07. The first kappa shape index (κ1) is 47.5. The van der Waals surface area contributed by atoms with E-state index in [2.05, 4.69) is 29.0 Å². The number of carbonyl (C=O) groups is 2. The lowest BCUT2D eigenvalue weighted by Crippen LogP contribution is -2.25. The first-order valence-corrected chi connectivity index (χ1v) is 19.9. The molecule has 14 nitrogen and oxygen atoms in total. The van der Waals surface area contributed by atoms with Gasteiger partial charge >= 0.3 is 0 Å². The van der Waals surface area contributed by atoms with Crippen LogP contribution in [0.1, 0.15) is 53.0 Å². The summed E-state index contributed by atoms with van der Waals surface area (Å²) < 4.78 is 49.1. The topological polar surface area (TPSA) is 145 Å². The van der Waals surface area contributed by atoms with Crippen molar-refractivity contribution in [2.75, 3.05) is 136 Å². The van der Waals surface area contributed by atoms with Crippen molar-refractivity contribution < 1.29 is 52.2 Å². The average molecular weight is 798 g/mol. The highest BCUT2D eigenvalue weighted by molar-refractivity contribution is 6.06. The second-order valence-electron chi connectivity index (χ2n) is 12.8. The van der Waals surface area contributed by atoms with Crippen LogP contribution in [0.5, 0.6) is 0 Å². The smallest absolute Gasteiger partial charge is 0.255 e. The number of ether oxygens (including phenoxy) is 9. The predicted molar refractivity (Wildman–Crippen MR) is 220 cm³/mol. The molecule has 1 N–H and O–H groups in total. The molecule has 0 fully saturated rings. The molecule has 0 aliphatic heterocycles. The largest absolute Gasteiger partial charge is 0.382 e. The summed E-state index contributed by atoms with van der Waals surface area (Å²) in [5.41, 5.74) is 4.89. The molecule has 0 aliphatic carbocycles. The number of anilines is 2. The molecule has 1 heterocycles. The Balaban J connectivity index is 1.26. The first-order valence-electron chi connectivity index (χ1n) is 19.9. The van der Waals surface area contributed by atoms with Gasteiger partial charge < -0.3 is 52.8 Å². The summed E-state index contributed by atoms with van der Waals surface area (Å²) in [7, 11) is 1.64. The van der Waals surface area contributed by atoms with Gasteiger partial charge in [-0.2, -0.15) is 0 Å². The summed E-state index contributed by atoms with van der Waals surface area (Å²) in [6.07, 6.45) is 4.42. The lowest BCUT2D eigenvalue weighted by molar-refractivity contribution is -0.0246. The van der Waals surface area contributed by atoms with E-state index in [9.17, 15) is 9.59 Å². The normalized spacial score (nSPS) is 11.2. The zero-order chi connectivity index (χ0) is 40.6. The third-order valence-corrected chi connectivity index (χ3v) is 8.29. The summed E-state index contributed by atoms with van der Waals surface area (Å²) in [4.78, 5) is 31.9. The number of carbonyl (C=O) groups excluding carboxylic acids is 2. The number of benzene rings is 2. The van der Waals surface area contributed by atoms with Crippen LogP contribution in [-0.2, 0) is 49.2 Å². The van der Waals surface area contributed by atoms with Crippen LogP contribution in [0.4, 0.5) is 11.4 Å². The molecule has 2 aromatic carbocycles. The van der Waals surface area contributed by atoms with E-state index in [0.29, 0.717) is 135 Å². The number of methoxy groups -OCH3 is 1. The molecule has 0 saturated carbocycles. The van der Waals surface area contributed by atoms with Crippen molar-refractivity contribution in [2.45, 2.75) is 33.3 Å². The fourth-order valence-electron chi connectivity index (χ4n) is 5.50. The summed E-state index contributed by atoms with van der Waals surface area (Å²) in [6.45, 7) is 14.4. The second-order valence-corrected chi connectivity index (χ2v) is 12.8. The molecular formula is C43H63N3O11. The molecular weight excluding hydrogens is 734 g/mol. The minimum Gasteiger partial charge on any atom is -0.382 e. The van der Waals surface area contributed by atoms with Crippen molar-refractivity contribution in [2.24, 2.45) is 0 Å². The van der Waals surface area contributed by atoms with Gasteiger partial charge in [0.2, 0.25) is 0 Å². The van der Waals surface area contributed by atoms with Gasteiger partial charge in [-0.3, -0.25) is 14.6 Å². The maximum Gasteiger partial charge on any atom is 0.255 e. The maximum absolute atomic E-state index is 13.5. The van der Waals surface area contributed by atoms with Gasteiger partial charge in [0, 0.05) is 48.8 Å². The zero-order valence-electron chi connectivity index (χ0n) is 34.1. The van der Waals surface area contributed by atoms with Crippen LogP contribution in [0, 0.1) is 0 Å². The molecule has 0 radical (unpaired) electrons. The molecule has 0 saturated heterocycles. The summed E-state index contributed by atoms with van der Waals surface area (Å²) >= 11 is 0. The van der Waals surface area contributed by atoms with Gasteiger partial charge in [0.1, 0.15) is 6.29 Å². The molecule has 0 atom stereocenters. The molecule has 0 aliphatic rings. The zero-order valence-corrected chi connectivity index (χ0v) is 34.1. The van der Waals surface area contributed by atoms with Crippen LogP contribution < -0.4 is 10.2 Å². The highest BCUT2D eigenvalue weighted by Gasteiger charge is 2.16. The van der Waals surface area contributed by atoms with Crippen molar-refractivity contribution in [1.82, 2.24) is 4.98 Å². The highest BCUT2D eigenvalue weighted by atomic mass is 16.6. The lowest BCUT2D eigenvalue weighted by atomic mass is 10.0. The maximum atomic E-state index is 13.5. The second kappa shape index (κ2) is 31.2. The van der Waals surface area contributed by atoms with E-state index in [0.717, 1.165) is 49.0 Å². The van der Waals surface area contributed by atoms with E-state index in [1.807, 2.05) is 36.4 Å². The molecule has 0 unspecified atom stereocenters. The minimum atomic E-state index is -0.255. The third-order valence-electron chi connectivity index (χ3n) is 8.29. The van der Waals surface area contributed by atoms with Gasteiger partial charge in [0.25, 0.3) is 5.91 Å². The Bertz CT molecular complexity index is 1510. The number of amides is 1. The lowest BCUT2D eigenvalue weighted by Gasteiger charge is -2.25. The van der Waals surface area contributed by atoms with Crippen LogP contribution in [0.15, 0.2) is 60.8 Å². The van der Waals surface area contributed by atoms with Crippen molar-refractivity contribution >= 4 is 23.6 Å². The van der Waals surface area contributed by atoms with Crippen molar-refractivity contribution in [1.29, 1.82) is 0 Å². The Hall–Kier alpha value is -3.83. The average Bonchev–Trinajstić information content (AvgIpc) is 3.23. The van der Waals surface area contributed by atoms with Gasteiger partial charge in [-0.1, -0.05) is 26.0 Å². The Kier molecular flexibility index (Phi) is 26.0. The summed E-state index contributed by atoms with van der Waals surface area (Å²) in [5.74, 6) is -0.255. The standard InChI is InChI=1S/C43H63N3O11/c1-4-13-46(14-5-2)39-9-10-41(40(33-39)42-32-36(34-47)11-12-44-42)45-43(48)38-8-6-7-37(31-38)35-57-30-29-56-28-27-55-26-25-54-24-23-53-22-21-52-20-19-51-18-17-50-16-15-49-3/h6-12,31-34H,4-5,13-30,35H2,1-3H3,(H,45,48). The number of hydrogen-bond acceptors (Lipinski definition) is 13. The quantitative estimate of drug-likeness (QED) is 0.0573. The Morgan fingerprint density at radius 2 is 1.18 bits per heavy atom. The molecule has 1 amide bonds. The molecule has 14 heteroatoms. The van der Waals surface area contributed by atoms with E-state index in [4.69, 9.17) is 42.6 Å². The first-order chi connectivity index (χ1) is 28.1. The van der Waals surface area contributed by atoms with Gasteiger partial charge in [-0.15, -0.1) is 0 Å². The number of pyridine rings is 1. The van der Waals surface area contributed by atoms with E-state index < -0.39 is 0 Å². The van der Waals surface area contributed by atoms with E-state index >= 15 is 0 Å². The van der Waals surface area contributed by atoms with Crippen molar-refractivity contribution in [3.8, 4) is 11.3 Å². The monoisotopic (exact) mass is 797 g/mol. The molecule has 1 aromatic heterocycles. The van der Waals surface area contributed by atoms with Crippen LogP contribution in [-0.4, -0.2) is 143 Å². The molecule has 3 aromatic rings. The van der Waals surface area contributed by atoms with Crippen molar-refractivity contribution in [3.05, 3.63) is 77.5 Å². The van der Waals surface area contributed by atoms with Crippen molar-refractivity contribution in [3.63, 3.8) is 0 Å². The number of rotatable bonds is 35. The summed E-state index contributed by atoms with van der Waals surface area (Å²) in [6, 6.07) is 16.7. The van der Waals surface area contributed by atoms with Gasteiger partial charge in [-0.25, -0.2) is 0 Å². The Labute approximate surface area is 338 Å². The Morgan fingerprint density at radius 3 is 1.68 bits per heavy atom. The van der Waals surface area contributed by atoms with Crippen LogP contribution in [0.2, 0.25) is 0 Å². The van der Waals surface area contributed by atoms with E-state index in [1.165, 1.54) is 0 Å². The number of nitrogens with one attached hydrogen (secondary N) is 1. The molecule has 316 valence electrons. The van der Waals surface area contributed by atoms with Gasteiger partial charge in [0.05, 0.1) is 124 Å². The van der Waals surface area contributed by atoms with E-state index in [-0.39, 0.29) is 5.91 Å². The number of aromatic nitrogens is 1. The van der Waals surface area contributed by atoms with Gasteiger partial charge in [-0.05, 0) is 60.9 Å². The minimum absolute atomic E-state index is 0.255. The van der Waals surface area contributed by atoms with Gasteiger partial charge in [0.15, 0.2) is 0 Å². The van der Waals surface area contributed by atoms with Crippen LogP contribution >= 0.6 is 0 Å². The third kappa shape index (κ3) is 20.4. The number of aldehydes is 1. The predicted octanol–water partition coefficient (Wildman–Crippen LogP) is 5.72. The van der Waals surface area contributed by atoms with Crippen LogP contribution in [0.3, 0.4) is 0 Å². The number of nitrogens with zero attached hydrogens (tertiary/aromatic N) is 2. The molecule has 0 bridgehead atoms. The van der Waals surface area contributed by atoms with E-state index in [1.54, 1.807) is 31.5 Å². The highest BCUT2D eigenvalue weighted by Crippen LogP contribution is 2.32. The SMILES string of the molecule is CCCN(CCC)c1ccc(NC(=O)c2cccc(COCCOCCOCCOCCOCCOCCOCCOCCOC)c2)c(-c2cc(C=O)ccn2)c1. The fraction of sp³-hybridized carbons (Fsp3) is 0.558. The number of hydrogen-bond donors (Lipinski definition) is 1. The fourth-order valence-corrected chi connectivity index (χ4v) is 5.50. The molecule has 3 rings (SSSR count). The van der Waals surface area contributed by atoms with Crippen LogP contribution in [0.25, 0.3) is 11.3 Å².